The van der Waals surface area contributed by atoms with Gasteiger partial charge in [0, 0.05) is 17.0 Å². The van der Waals surface area contributed by atoms with Crippen molar-refractivity contribution in [3.63, 3.8) is 0 Å². The smallest absolute Gasteiger partial charge is 0.311 e. The number of hydrogen-bond acceptors (Lipinski definition) is 4. The number of aromatic nitrogens is 3. The minimum absolute atomic E-state index is 0.160. The van der Waals surface area contributed by atoms with E-state index < -0.39 is 11.2 Å². The number of aromatic amines is 2. The minimum Gasteiger partial charge on any atom is -0.311 e. The molecule has 0 saturated heterocycles. The van der Waals surface area contributed by atoms with Gasteiger partial charge >= 0.3 is 5.69 Å². The van der Waals surface area contributed by atoms with Gasteiger partial charge < -0.3 is 10.3 Å². The molecule has 3 aromatic rings. The molecule has 2 heterocycles. The second-order valence-corrected chi connectivity index (χ2v) is 6.37. The summed E-state index contributed by atoms with van der Waals surface area (Å²) in [5, 5.41) is 2.74. The second-order valence-electron chi connectivity index (χ2n) is 6.37. The molecule has 0 spiro atoms. The molecule has 138 valence electrons. The van der Waals surface area contributed by atoms with Crippen molar-refractivity contribution in [2.75, 3.05) is 5.32 Å². The summed E-state index contributed by atoms with van der Waals surface area (Å²) < 4.78 is 0. The monoisotopic (exact) mass is 364 g/mol. The summed E-state index contributed by atoms with van der Waals surface area (Å²) in [6, 6.07) is 11.7. The van der Waals surface area contributed by atoms with Gasteiger partial charge in [-0.3, -0.25) is 14.6 Å². The van der Waals surface area contributed by atoms with Crippen LogP contribution in [0, 0.1) is 20.8 Å². The summed E-state index contributed by atoms with van der Waals surface area (Å²) in [6.07, 6.45) is -0.160. The van der Waals surface area contributed by atoms with E-state index in [9.17, 15) is 14.4 Å². The number of hydrogen-bond donors (Lipinski definition) is 3. The van der Waals surface area contributed by atoms with Crippen LogP contribution < -0.4 is 16.6 Å². The van der Waals surface area contributed by atoms with Gasteiger partial charge in [-0.1, -0.05) is 30.3 Å². The van der Waals surface area contributed by atoms with Gasteiger partial charge in [-0.2, -0.15) is 0 Å². The standard InChI is InChI=1S/C20H20N4O3/c1-11-12(2)21-17(9-15(11)14-7-5-4-6-8-14)23-18(25)10-16-13(3)22-20(27)24-19(16)26/h4-9H,10H2,1-3H3,(H,21,23,25)(H2,22,24,26,27). The summed E-state index contributed by atoms with van der Waals surface area (Å²) >= 11 is 0. The van der Waals surface area contributed by atoms with Gasteiger partial charge in [0.2, 0.25) is 5.91 Å². The van der Waals surface area contributed by atoms with Crippen molar-refractivity contribution in [3.8, 4) is 11.1 Å². The number of nitrogens with one attached hydrogen (secondary N) is 3. The van der Waals surface area contributed by atoms with Crippen LogP contribution in [0.5, 0.6) is 0 Å². The lowest BCUT2D eigenvalue weighted by Gasteiger charge is -2.12. The summed E-state index contributed by atoms with van der Waals surface area (Å²) in [4.78, 5) is 44.6. The van der Waals surface area contributed by atoms with Gasteiger partial charge in [-0.05, 0) is 43.5 Å². The molecule has 7 nitrogen and oxygen atoms in total. The van der Waals surface area contributed by atoms with Crippen LogP contribution in [0.3, 0.4) is 0 Å². The lowest BCUT2D eigenvalue weighted by atomic mass is 10.00. The Bertz CT molecular complexity index is 1110. The van der Waals surface area contributed by atoms with Gasteiger partial charge in [0.25, 0.3) is 5.56 Å². The molecule has 0 atom stereocenters. The normalized spacial score (nSPS) is 10.6. The molecule has 1 aromatic carbocycles. The van der Waals surface area contributed by atoms with Crippen molar-refractivity contribution in [1.82, 2.24) is 15.0 Å². The Labute approximate surface area is 155 Å². The van der Waals surface area contributed by atoms with Gasteiger partial charge in [0.15, 0.2) is 0 Å². The van der Waals surface area contributed by atoms with Crippen LogP contribution in [0.15, 0.2) is 46.0 Å². The lowest BCUT2D eigenvalue weighted by Crippen LogP contribution is -2.29. The molecule has 27 heavy (non-hydrogen) atoms. The molecule has 0 fully saturated rings. The average Bonchev–Trinajstić information content (AvgIpc) is 2.62. The largest absolute Gasteiger partial charge is 0.325 e. The van der Waals surface area contributed by atoms with E-state index in [2.05, 4.69) is 20.3 Å². The first kappa shape index (κ1) is 18.3. The van der Waals surface area contributed by atoms with Crippen LogP contribution in [0.1, 0.15) is 22.5 Å². The molecule has 0 unspecified atom stereocenters. The molecular formula is C20H20N4O3. The first-order chi connectivity index (χ1) is 12.8. The number of nitrogens with zero attached hydrogens (tertiary/aromatic N) is 1. The SMILES string of the molecule is Cc1nc(NC(=O)Cc2c(C)[nH]c(=O)[nH]c2=O)cc(-c2ccccc2)c1C. The van der Waals surface area contributed by atoms with E-state index in [1.807, 2.05) is 50.2 Å². The van der Waals surface area contributed by atoms with Gasteiger partial charge in [-0.15, -0.1) is 0 Å². The Balaban J connectivity index is 1.88. The van der Waals surface area contributed by atoms with Crippen LogP contribution in [-0.2, 0) is 11.2 Å². The maximum Gasteiger partial charge on any atom is 0.325 e. The van der Waals surface area contributed by atoms with Crippen LogP contribution in [-0.4, -0.2) is 20.9 Å². The molecule has 0 saturated carbocycles. The topological polar surface area (TPSA) is 108 Å². The fourth-order valence-electron chi connectivity index (χ4n) is 2.90. The number of carbonyl (C=O) groups is 1. The highest BCUT2D eigenvalue weighted by atomic mass is 16.2. The summed E-state index contributed by atoms with van der Waals surface area (Å²) in [7, 11) is 0. The fraction of sp³-hybridized carbons (Fsp3) is 0.200. The van der Waals surface area contributed by atoms with Gasteiger partial charge in [-0.25, -0.2) is 9.78 Å². The number of carbonyl (C=O) groups excluding carboxylic acids is 1. The van der Waals surface area contributed by atoms with Crippen LogP contribution in [0.2, 0.25) is 0 Å². The van der Waals surface area contributed by atoms with E-state index in [0.717, 1.165) is 22.4 Å². The molecule has 3 rings (SSSR count). The zero-order chi connectivity index (χ0) is 19.6. The van der Waals surface area contributed by atoms with Crippen molar-refractivity contribution in [2.45, 2.75) is 27.2 Å². The Hall–Kier alpha value is -3.48. The number of benzene rings is 1. The van der Waals surface area contributed by atoms with Crippen molar-refractivity contribution in [3.05, 3.63) is 79.8 Å². The highest BCUT2D eigenvalue weighted by Gasteiger charge is 2.14. The molecule has 3 N–H and O–H groups in total. The van der Waals surface area contributed by atoms with E-state index in [0.29, 0.717) is 11.5 Å². The predicted molar refractivity (Wildman–Crippen MR) is 104 cm³/mol. The zero-order valence-electron chi connectivity index (χ0n) is 15.3. The molecule has 0 aliphatic rings. The van der Waals surface area contributed by atoms with Crippen LogP contribution in [0.25, 0.3) is 11.1 Å². The molecule has 0 radical (unpaired) electrons. The third kappa shape index (κ3) is 4.03. The Morgan fingerprint density at radius 3 is 2.44 bits per heavy atom. The van der Waals surface area contributed by atoms with Crippen molar-refractivity contribution in [1.29, 1.82) is 0 Å². The van der Waals surface area contributed by atoms with Gasteiger partial charge in [0.1, 0.15) is 5.82 Å². The van der Waals surface area contributed by atoms with E-state index in [1.165, 1.54) is 0 Å². The highest BCUT2D eigenvalue weighted by Crippen LogP contribution is 2.27. The second kappa shape index (κ2) is 7.41. The average molecular weight is 364 g/mol. The number of pyridine rings is 1. The molecule has 0 bridgehead atoms. The Morgan fingerprint density at radius 1 is 1.07 bits per heavy atom. The Morgan fingerprint density at radius 2 is 1.78 bits per heavy atom. The molecule has 2 aromatic heterocycles. The molecule has 0 aliphatic heterocycles. The van der Waals surface area contributed by atoms with Crippen molar-refractivity contribution >= 4 is 11.7 Å². The number of aryl methyl sites for hydroxylation is 2. The van der Waals surface area contributed by atoms with Crippen molar-refractivity contribution in [2.24, 2.45) is 0 Å². The maximum atomic E-state index is 12.4. The number of amides is 1. The number of H-pyrrole nitrogens is 2. The lowest BCUT2D eigenvalue weighted by molar-refractivity contribution is -0.115. The van der Waals surface area contributed by atoms with Gasteiger partial charge in [0.05, 0.1) is 6.42 Å². The summed E-state index contributed by atoms with van der Waals surface area (Å²) in [5.41, 5.74) is 3.29. The third-order valence-corrected chi connectivity index (χ3v) is 4.46. The Kier molecular flexibility index (Phi) is 5.03. The van der Waals surface area contributed by atoms with Crippen molar-refractivity contribution < 1.29 is 4.79 Å². The zero-order valence-corrected chi connectivity index (χ0v) is 15.3. The summed E-state index contributed by atoms with van der Waals surface area (Å²) in [6.45, 7) is 5.45. The fourth-order valence-corrected chi connectivity index (χ4v) is 2.90. The number of anilines is 1. The quantitative estimate of drug-likeness (QED) is 0.660. The minimum atomic E-state index is -0.593. The summed E-state index contributed by atoms with van der Waals surface area (Å²) in [5.74, 6) is 0.0332. The van der Waals surface area contributed by atoms with E-state index in [1.54, 1.807) is 6.92 Å². The predicted octanol–water partition coefficient (Wildman–Crippen LogP) is 2.23. The van der Waals surface area contributed by atoms with E-state index >= 15 is 0 Å². The molecule has 7 heteroatoms. The van der Waals surface area contributed by atoms with E-state index in [4.69, 9.17) is 0 Å². The highest BCUT2D eigenvalue weighted by molar-refractivity contribution is 5.92. The third-order valence-electron chi connectivity index (χ3n) is 4.46. The molecular weight excluding hydrogens is 344 g/mol. The van der Waals surface area contributed by atoms with E-state index in [-0.39, 0.29) is 17.9 Å². The van der Waals surface area contributed by atoms with Crippen LogP contribution in [0.4, 0.5) is 5.82 Å². The first-order valence-electron chi connectivity index (χ1n) is 8.50. The number of rotatable bonds is 4. The first-order valence-corrected chi connectivity index (χ1v) is 8.50. The molecule has 1 amide bonds. The maximum absolute atomic E-state index is 12.4. The molecule has 0 aliphatic carbocycles. The van der Waals surface area contributed by atoms with Crippen LogP contribution >= 0.6 is 0 Å².